The molecule has 48 heavy (non-hydrogen) atoms. The van der Waals surface area contributed by atoms with Crippen LogP contribution in [0.4, 0.5) is 18.9 Å². The lowest BCUT2D eigenvalue weighted by molar-refractivity contribution is -0.274. The Balaban J connectivity index is 1.40. The van der Waals surface area contributed by atoms with Gasteiger partial charge >= 0.3 is 6.36 Å². The van der Waals surface area contributed by atoms with Crippen molar-refractivity contribution in [3.63, 3.8) is 0 Å². The third-order valence-corrected chi connectivity index (χ3v) is 9.00. The van der Waals surface area contributed by atoms with E-state index in [4.69, 9.17) is 14.2 Å². The fourth-order valence-corrected chi connectivity index (χ4v) is 6.63. The molecule has 7 nitrogen and oxygen atoms in total. The summed E-state index contributed by atoms with van der Waals surface area (Å²) in [5.41, 5.74) is 6.35. The van der Waals surface area contributed by atoms with Gasteiger partial charge in [0, 0.05) is 44.1 Å². The minimum atomic E-state index is -4.74. The van der Waals surface area contributed by atoms with Crippen molar-refractivity contribution in [1.29, 1.82) is 0 Å². The predicted molar refractivity (Wildman–Crippen MR) is 184 cm³/mol. The molecule has 3 aliphatic rings. The van der Waals surface area contributed by atoms with Crippen LogP contribution >= 0.6 is 0 Å². The number of hydrogen-bond donors (Lipinski definition) is 1. The van der Waals surface area contributed by atoms with Crippen LogP contribution in [-0.4, -0.2) is 63.3 Å². The number of ether oxygens (including phenoxy) is 4. The Kier molecular flexibility index (Phi) is 11.1. The number of rotatable bonds is 12. The van der Waals surface area contributed by atoms with Gasteiger partial charge in [-0.25, -0.2) is 0 Å². The molecule has 0 amide bonds. The lowest BCUT2D eigenvalue weighted by Gasteiger charge is -2.43. The van der Waals surface area contributed by atoms with Gasteiger partial charge in [0.05, 0.1) is 14.2 Å². The quantitative estimate of drug-likeness (QED) is 0.227. The third-order valence-electron chi connectivity index (χ3n) is 9.00. The van der Waals surface area contributed by atoms with E-state index in [9.17, 15) is 13.2 Å². The number of nitrogens with zero attached hydrogens (tertiary/aromatic N) is 2. The van der Waals surface area contributed by atoms with Crippen molar-refractivity contribution in [3.8, 4) is 17.2 Å². The summed E-state index contributed by atoms with van der Waals surface area (Å²) < 4.78 is 60.9. The van der Waals surface area contributed by atoms with Gasteiger partial charge < -0.3 is 34.1 Å². The van der Waals surface area contributed by atoms with Gasteiger partial charge in [-0.05, 0) is 124 Å². The first-order chi connectivity index (χ1) is 22.9. The zero-order valence-corrected chi connectivity index (χ0v) is 29.1. The highest BCUT2D eigenvalue weighted by Gasteiger charge is 2.33. The standard InChI is InChI=1S/C38H50F3N3O4/c1-7-9-28-21-29(22-34(45-5)35(28)46-6)30-20-26(23-42-24-30)25-44(31-12-14-33(15-13-31)47-38(39,40)41)32-16-18-43(19-17-32)36(27-10-8-11-27)48-37(2,3)4/h12-15,20-23,32,42H,7-11,16-19,24-25H2,1-6H3. The minimum absolute atomic E-state index is 0.176. The van der Waals surface area contributed by atoms with Crippen molar-refractivity contribution in [3.05, 3.63) is 76.8 Å². The SMILES string of the molecule is CCCc1cc(C2=CC(CN(c3ccc(OC(F)(F)F)cc3)C3CCN(C(OC(C)(C)C)=C4CCC4)CC3)=CNC2)cc(OC)c1OC. The molecule has 1 N–H and O–H groups in total. The van der Waals surface area contributed by atoms with Gasteiger partial charge in [-0.2, -0.15) is 0 Å². The molecule has 2 aromatic carbocycles. The topological polar surface area (TPSA) is 55.4 Å². The summed E-state index contributed by atoms with van der Waals surface area (Å²) in [5, 5.41) is 3.46. The van der Waals surface area contributed by atoms with Crippen LogP contribution in [0.5, 0.6) is 17.2 Å². The number of benzene rings is 2. The molecule has 1 aliphatic carbocycles. The van der Waals surface area contributed by atoms with E-state index in [2.05, 4.69) is 59.7 Å². The number of allylic oxidation sites excluding steroid dienone is 1. The highest BCUT2D eigenvalue weighted by Crippen LogP contribution is 2.38. The van der Waals surface area contributed by atoms with E-state index in [1.54, 1.807) is 26.4 Å². The normalized spacial score (nSPS) is 17.1. The molecule has 2 aliphatic heterocycles. The van der Waals surface area contributed by atoms with Crippen LogP contribution < -0.4 is 24.4 Å². The van der Waals surface area contributed by atoms with E-state index >= 15 is 0 Å². The fraction of sp³-hybridized carbons (Fsp3) is 0.526. The summed E-state index contributed by atoms with van der Waals surface area (Å²) in [7, 11) is 3.33. The van der Waals surface area contributed by atoms with Crippen LogP contribution in [0.15, 0.2) is 65.7 Å². The Morgan fingerprint density at radius 1 is 1.00 bits per heavy atom. The number of piperidine rings is 1. The summed E-state index contributed by atoms with van der Waals surface area (Å²) >= 11 is 0. The first kappa shape index (κ1) is 35.4. The Bertz CT molecular complexity index is 1490. The molecular formula is C38H50F3N3O4. The van der Waals surface area contributed by atoms with E-state index in [1.165, 1.54) is 24.1 Å². The molecule has 1 saturated heterocycles. The number of nitrogens with one attached hydrogen (secondary N) is 1. The molecule has 0 aromatic heterocycles. The first-order valence-electron chi connectivity index (χ1n) is 17.0. The van der Waals surface area contributed by atoms with Crippen molar-refractivity contribution in [2.24, 2.45) is 0 Å². The molecule has 0 atom stereocenters. The highest BCUT2D eigenvalue weighted by atomic mass is 19.4. The number of halogens is 3. The molecule has 0 spiro atoms. The van der Waals surface area contributed by atoms with Gasteiger partial charge in [0.2, 0.25) is 0 Å². The highest BCUT2D eigenvalue weighted by molar-refractivity contribution is 5.74. The number of anilines is 1. The Labute approximate surface area is 283 Å². The van der Waals surface area contributed by atoms with Gasteiger partial charge in [0.1, 0.15) is 11.4 Å². The zero-order valence-electron chi connectivity index (χ0n) is 29.1. The fourth-order valence-electron chi connectivity index (χ4n) is 6.63. The molecule has 262 valence electrons. The third kappa shape index (κ3) is 8.94. The lowest BCUT2D eigenvalue weighted by atomic mass is 9.91. The maximum Gasteiger partial charge on any atom is 0.573 e. The Morgan fingerprint density at radius 2 is 1.71 bits per heavy atom. The molecular weight excluding hydrogens is 619 g/mol. The summed E-state index contributed by atoms with van der Waals surface area (Å²) in [6.45, 7) is 11.4. The van der Waals surface area contributed by atoms with Crippen LogP contribution in [0.3, 0.4) is 0 Å². The smallest absolute Gasteiger partial charge is 0.493 e. The van der Waals surface area contributed by atoms with Crippen molar-refractivity contribution in [1.82, 2.24) is 10.2 Å². The average Bonchev–Trinajstić information content (AvgIpc) is 3.01. The molecule has 0 unspecified atom stereocenters. The lowest BCUT2D eigenvalue weighted by Crippen LogP contribution is -2.47. The summed E-state index contributed by atoms with van der Waals surface area (Å²) in [5.74, 6) is 2.28. The van der Waals surface area contributed by atoms with Crippen molar-refractivity contribution in [2.75, 3.05) is 45.3 Å². The number of aryl methyl sites for hydroxylation is 1. The molecule has 0 radical (unpaired) electrons. The van der Waals surface area contributed by atoms with E-state index in [0.29, 0.717) is 18.8 Å². The van der Waals surface area contributed by atoms with Crippen LogP contribution in [-0.2, 0) is 11.2 Å². The largest absolute Gasteiger partial charge is 0.573 e. The minimum Gasteiger partial charge on any atom is -0.493 e. The number of likely N-dealkylation sites (tertiary alicyclic amines) is 1. The van der Waals surface area contributed by atoms with Crippen molar-refractivity contribution >= 4 is 11.3 Å². The maximum absolute atomic E-state index is 12.9. The number of dihydropyridines is 1. The molecule has 2 fully saturated rings. The maximum atomic E-state index is 12.9. The van der Waals surface area contributed by atoms with E-state index in [0.717, 1.165) is 91.2 Å². The number of alkyl halides is 3. The van der Waals surface area contributed by atoms with Crippen LogP contribution in [0.2, 0.25) is 0 Å². The van der Waals surface area contributed by atoms with Gasteiger partial charge in [0.25, 0.3) is 0 Å². The number of hydrogen-bond acceptors (Lipinski definition) is 7. The predicted octanol–water partition coefficient (Wildman–Crippen LogP) is 8.61. The summed E-state index contributed by atoms with van der Waals surface area (Å²) in [4.78, 5) is 4.71. The van der Waals surface area contributed by atoms with E-state index in [1.807, 2.05) is 12.3 Å². The molecule has 2 heterocycles. The molecule has 1 saturated carbocycles. The van der Waals surface area contributed by atoms with Gasteiger partial charge in [-0.15, -0.1) is 13.2 Å². The summed E-state index contributed by atoms with van der Waals surface area (Å²) in [6, 6.07) is 10.6. The van der Waals surface area contributed by atoms with Gasteiger partial charge in [0.15, 0.2) is 17.4 Å². The van der Waals surface area contributed by atoms with Crippen LogP contribution in [0.25, 0.3) is 5.57 Å². The molecule has 2 aromatic rings. The van der Waals surface area contributed by atoms with E-state index < -0.39 is 6.36 Å². The zero-order chi connectivity index (χ0) is 34.5. The monoisotopic (exact) mass is 669 g/mol. The second-order valence-electron chi connectivity index (χ2n) is 13.8. The van der Waals surface area contributed by atoms with E-state index in [-0.39, 0.29) is 17.4 Å². The molecule has 10 heteroatoms. The molecule has 5 rings (SSSR count). The van der Waals surface area contributed by atoms with Gasteiger partial charge in [-0.1, -0.05) is 19.4 Å². The Hall–Kier alpha value is -3.95. The van der Waals surface area contributed by atoms with Crippen LogP contribution in [0.1, 0.15) is 77.3 Å². The molecule has 0 bridgehead atoms. The average molecular weight is 670 g/mol. The van der Waals surface area contributed by atoms with Gasteiger partial charge in [-0.3, -0.25) is 0 Å². The second kappa shape index (κ2) is 15.1. The Morgan fingerprint density at radius 3 is 2.27 bits per heavy atom. The van der Waals surface area contributed by atoms with Crippen LogP contribution in [0, 0.1) is 0 Å². The van der Waals surface area contributed by atoms with Crippen molar-refractivity contribution < 1.29 is 32.1 Å². The van der Waals surface area contributed by atoms with Crippen molar-refractivity contribution in [2.45, 2.75) is 90.6 Å². The second-order valence-corrected chi connectivity index (χ2v) is 13.8. The summed E-state index contributed by atoms with van der Waals surface area (Å²) in [6.07, 6.45) is 6.51. The first-order valence-corrected chi connectivity index (χ1v) is 17.0. The number of methoxy groups -OCH3 is 2.